The highest BCUT2D eigenvalue weighted by Gasteiger charge is 2.19. The van der Waals surface area contributed by atoms with Crippen molar-refractivity contribution in [3.8, 4) is 5.82 Å². The fraction of sp³-hybridized carbons (Fsp3) is 0.576. The van der Waals surface area contributed by atoms with Gasteiger partial charge in [0.25, 0.3) is 0 Å². The van der Waals surface area contributed by atoms with E-state index in [1.807, 2.05) is 61.1 Å². The standard InChI is InChI=1S/C16H26N2O2.C15H21N3.C2H6/c1-16(2,3)17-11-15(19)14-6-4-5-13(18-14)12-7-9-20-10-8-12;1-15(2,3)16-10-9-13-7-6-8-14(17-13)18-11-4-5-12-18;1-2/h4-6,12,15,17,19H,7-11H2,1-3H3;4-8,11-12,16H,9-10H2,1-3H3;1-2H3. The summed E-state index contributed by atoms with van der Waals surface area (Å²) in [5.74, 6) is 1.44. The van der Waals surface area contributed by atoms with Crippen molar-refractivity contribution in [2.45, 2.75) is 97.8 Å². The zero-order valence-corrected chi connectivity index (χ0v) is 26.1. The summed E-state index contributed by atoms with van der Waals surface area (Å²) in [7, 11) is 0. The first-order valence-electron chi connectivity index (χ1n) is 14.8. The highest BCUT2D eigenvalue weighted by atomic mass is 16.5. The van der Waals surface area contributed by atoms with Crippen LogP contribution in [0.15, 0.2) is 60.9 Å². The second-order valence-electron chi connectivity index (χ2n) is 12.0. The Morgan fingerprint density at radius 1 is 0.875 bits per heavy atom. The first-order chi connectivity index (χ1) is 19.0. The first-order valence-corrected chi connectivity index (χ1v) is 14.8. The number of pyridine rings is 2. The topological polar surface area (TPSA) is 84.2 Å². The molecule has 40 heavy (non-hydrogen) atoms. The quantitative estimate of drug-likeness (QED) is 0.308. The van der Waals surface area contributed by atoms with Gasteiger partial charge in [0.1, 0.15) is 11.9 Å². The third-order valence-electron chi connectivity index (χ3n) is 6.30. The van der Waals surface area contributed by atoms with Crippen LogP contribution in [0.2, 0.25) is 0 Å². The molecule has 0 radical (unpaired) electrons. The summed E-state index contributed by atoms with van der Waals surface area (Å²) in [5, 5.41) is 17.0. The fourth-order valence-corrected chi connectivity index (χ4v) is 4.19. The van der Waals surface area contributed by atoms with Crippen molar-refractivity contribution in [3.63, 3.8) is 0 Å². The van der Waals surface area contributed by atoms with E-state index in [9.17, 15) is 5.11 Å². The molecule has 222 valence electrons. The molecular weight excluding hydrogens is 498 g/mol. The number of ether oxygens (including phenoxy) is 1. The van der Waals surface area contributed by atoms with E-state index < -0.39 is 6.10 Å². The Morgan fingerprint density at radius 2 is 1.50 bits per heavy atom. The predicted molar refractivity (Wildman–Crippen MR) is 166 cm³/mol. The maximum atomic E-state index is 10.3. The summed E-state index contributed by atoms with van der Waals surface area (Å²) in [5.41, 5.74) is 3.13. The molecule has 3 aromatic rings. The smallest absolute Gasteiger partial charge is 0.136 e. The molecule has 1 aliphatic heterocycles. The van der Waals surface area contributed by atoms with Crippen molar-refractivity contribution in [2.75, 3.05) is 26.3 Å². The monoisotopic (exact) mass is 551 g/mol. The summed E-state index contributed by atoms with van der Waals surface area (Å²) in [6.45, 7) is 19.9. The predicted octanol–water partition coefficient (Wildman–Crippen LogP) is 6.23. The third kappa shape index (κ3) is 12.7. The van der Waals surface area contributed by atoms with Gasteiger partial charge in [0.2, 0.25) is 0 Å². The van der Waals surface area contributed by atoms with E-state index in [1.54, 1.807) is 0 Å². The summed E-state index contributed by atoms with van der Waals surface area (Å²) < 4.78 is 7.42. The molecule has 1 atom stereocenters. The number of aromatic nitrogens is 3. The summed E-state index contributed by atoms with van der Waals surface area (Å²) >= 11 is 0. The Hall–Kier alpha value is -2.58. The minimum Gasteiger partial charge on any atom is -0.385 e. The van der Waals surface area contributed by atoms with Gasteiger partial charge in [-0.3, -0.25) is 4.98 Å². The van der Waals surface area contributed by atoms with Crippen molar-refractivity contribution < 1.29 is 9.84 Å². The molecule has 0 aromatic carbocycles. The number of hydrogen-bond donors (Lipinski definition) is 3. The Kier molecular flexibility index (Phi) is 14.0. The number of nitrogens with zero attached hydrogens (tertiary/aromatic N) is 3. The minimum atomic E-state index is -0.561. The molecule has 0 amide bonds. The largest absolute Gasteiger partial charge is 0.385 e. The van der Waals surface area contributed by atoms with Crippen molar-refractivity contribution in [1.29, 1.82) is 0 Å². The Bertz CT molecular complexity index is 1080. The third-order valence-corrected chi connectivity index (χ3v) is 6.30. The lowest BCUT2D eigenvalue weighted by atomic mass is 9.95. The summed E-state index contributed by atoms with van der Waals surface area (Å²) in [6.07, 6.45) is 6.46. The van der Waals surface area contributed by atoms with Crippen molar-refractivity contribution in [2.24, 2.45) is 0 Å². The fourth-order valence-electron chi connectivity index (χ4n) is 4.19. The second-order valence-corrected chi connectivity index (χ2v) is 12.0. The minimum absolute atomic E-state index is 0.000695. The van der Waals surface area contributed by atoms with Gasteiger partial charge in [0, 0.05) is 73.5 Å². The van der Waals surface area contributed by atoms with E-state index >= 15 is 0 Å². The van der Waals surface area contributed by atoms with Crippen LogP contribution in [0.25, 0.3) is 5.82 Å². The van der Waals surface area contributed by atoms with Gasteiger partial charge in [-0.2, -0.15) is 0 Å². The summed E-state index contributed by atoms with van der Waals surface area (Å²) in [6, 6.07) is 16.1. The van der Waals surface area contributed by atoms with Crippen LogP contribution in [0.5, 0.6) is 0 Å². The number of hydrogen-bond acceptors (Lipinski definition) is 6. The van der Waals surface area contributed by atoms with E-state index in [0.29, 0.717) is 12.5 Å². The molecule has 1 aliphatic rings. The van der Waals surface area contributed by atoms with Crippen LogP contribution < -0.4 is 10.6 Å². The molecule has 7 heteroatoms. The first kappa shape index (κ1) is 33.6. The molecule has 1 unspecified atom stereocenters. The van der Waals surface area contributed by atoms with E-state index in [0.717, 1.165) is 61.9 Å². The molecule has 0 saturated carbocycles. The number of aliphatic hydroxyl groups is 1. The molecule has 1 fully saturated rings. The van der Waals surface area contributed by atoms with E-state index in [2.05, 4.69) is 80.3 Å². The van der Waals surface area contributed by atoms with Gasteiger partial charge in [-0.15, -0.1) is 0 Å². The Morgan fingerprint density at radius 3 is 2.12 bits per heavy atom. The molecule has 3 N–H and O–H groups in total. The van der Waals surface area contributed by atoms with Gasteiger partial charge in [-0.05, 0) is 90.8 Å². The average molecular weight is 552 g/mol. The molecule has 4 rings (SSSR count). The van der Waals surface area contributed by atoms with Crippen LogP contribution in [-0.2, 0) is 11.2 Å². The SMILES string of the molecule is CC.CC(C)(C)NCC(O)c1cccc(C2CCOCC2)n1.CC(C)(C)NCCc1cccc(-n2cccc2)n1. The molecule has 0 spiro atoms. The van der Waals surface area contributed by atoms with E-state index in [-0.39, 0.29) is 11.1 Å². The van der Waals surface area contributed by atoms with Gasteiger partial charge in [0.15, 0.2) is 0 Å². The summed E-state index contributed by atoms with van der Waals surface area (Å²) in [4.78, 5) is 9.31. The Balaban J connectivity index is 0.000000265. The highest BCUT2D eigenvalue weighted by Crippen LogP contribution is 2.26. The molecule has 0 aliphatic carbocycles. The number of β-amino-alcohol motifs (C(OH)–C–C–N with tert-alkyl or cyclic N) is 1. The van der Waals surface area contributed by atoms with Gasteiger partial charge in [-0.1, -0.05) is 26.0 Å². The van der Waals surface area contributed by atoms with Crippen LogP contribution in [0.3, 0.4) is 0 Å². The lowest BCUT2D eigenvalue weighted by molar-refractivity contribution is 0.0842. The Labute approximate surface area is 242 Å². The highest BCUT2D eigenvalue weighted by molar-refractivity contribution is 5.25. The lowest BCUT2D eigenvalue weighted by Crippen LogP contribution is -2.38. The van der Waals surface area contributed by atoms with E-state index in [1.165, 1.54) is 0 Å². The average Bonchev–Trinajstić information content (AvgIpc) is 3.48. The number of nitrogens with one attached hydrogen (secondary N) is 2. The number of aliphatic hydroxyl groups excluding tert-OH is 1. The maximum absolute atomic E-state index is 10.3. The molecule has 4 heterocycles. The van der Waals surface area contributed by atoms with Crippen LogP contribution in [-0.4, -0.2) is 57.0 Å². The molecular formula is C33H53N5O2. The second kappa shape index (κ2) is 16.6. The lowest BCUT2D eigenvalue weighted by Gasteiger charge is -2.24. The molecule has 1 saturated heterocycles. The van der Waals surface area contributed by atoms with Gasteiger partial charge in [0.05, 0.1) is 5.69 Å². The normalized spacial score (nSPS) is 14.9. The van der Waals surface area contributed by atoms with Crippen LogP contribution in [0.1, 0.15) is 97.3 Å². The molecule has 3 aromatic heterocycles. The molecule has 0 bridgehead atoms. The molecule has 7 nitrogen and oxygen atoms in total. The maximum Gasteiger partial charge on any atom is 0.136 e. The van der Waals surface area contributed by atoms with E-state index in [4.69, 9.17) is 4.74 Å². The van der Waals surface area contributed by atoms with Crippen LogP contribution in [0.4, 0.5) is 0 Å². The van der Waals surface area contributed by atoms with Crippen molar-refractivity contribution in [3.05, 3.63) is 78.0 Å². The van der Waals surface area contributed by atoms with Crippen LogP contribution in [0, 0.1) is 0 Å². The van der Waals surface area contributed by atoms with Crippen LogP contribution >= 0.6 is 0 Å². The van der Waals surface area contributed by atoms with Crippen molar-refractivity contribution >= 4 is 0 Å². The number of rotatable bonds is 8. The van der Waals surface area contributed by atoms with Gasteiger partial charge >= 0.3 is 0 Å². The zero-order chi connectivity index (χ0) is 29.6. The van der Waals surface area contributed by atoms with Gasteiger partial charge in [-0.25, -0.2) is 4.98 Å². The zero-order valence-electron chi connectivity index (χ0n) is 26.1. The van der Waals surface area contributed by atoms with Crippen molar-refractivity contribution in [1.82, 2.24) is 25.2 Å². The van der Waals surface area contributed by atoms with Gasteiger partial charge < -0.3 is 25.0 Å².